The van der Waals surface area contributed by atoms with Crippen LogP contribution in [0.5, 0.6) is 5.75 Å². The highest BCUT2D eigenvalue weighted by molar-refractivity contribution is 7.32. The van der Waals surface area contributed by atoms with Gasteiger partial charge in [0.05, 0.1) is 21.9 Å². The normalized spacial score (nSPS) is 11.7. The van der Waals surface area contributed by atoms with Crippen LogP contribution in [-0.2, 0) is 4.74 Å². The molecular weight excluding hydrogens is 296 g/mol. The van der Waals surface area contributed by atoms with Crippen LogP contribution < -0.4 is 0 Å². The average molecular weight is 304 g/mol. The fourth-order valence-corrected chi connectivity index (χ4v) is 4.64. The molecule has 20 heavy (non-hydrogen) atoms. The van der Waals surface area contributed by atoms with Gasteiger partial charge in [-0.3, -0.25) is 0 Å². The van der Waals surface area contributed by atoms with Gasteiger partial charge in [0.15, 0.2) is 5.58 Å². The molecule has 0 radical (unpaired) electrons. The van der Waals surface area contributed by atoms with Crippen molar-refractivity contribution in [2.75, 3.05) is 7.11 Å². The van der Waals surface area contributed by atoms with Gasteiger partial charge in [0.1, 0.15) is 16.9 Å². The van der Waals surface area contributed by atoms with E-state index in [0.29, 0.717) is 11.0 Å². The molecule has 0 aliphatic carbocycles. The molecule has 0 aliphatic rings. The summed E-state index contributed by atoms with van der Waals surface area (Å²) in [7, 11) is 1.30. The lowest BCUT2D eigenvalue weighted by molar-refractivity contribution is 0.0600. The fourth-order valence-electron chi connectivity index (χ4n) is 2.36. The molecule has 0 saturated heterocycles. The highest BCUT2D eigenvalue weighted by Gasteiger charge is 2.23. The topological polar surface area (TPSA) is 59.7 Å². The van der Waals surface area contributed by atoms with Crippen molar-refractivity contribution < 1.29 is 19.1 Å². The van der Waals surface area contributed by atoms with E-state index in [1.165, 1.54) is 13.2 Å². The van der Waals surface area contributed by atoms with Gasteiger partial charge in [0.25, 0.3) is 0 Å². The number of fused-ring (bicyclic) bond motifs is 5. The molecule has 1 aromatic carbocycles. The Bertz CT molecular complexity index is 973. The monoisotopic (exact) mass is 304 g/mol. The molecule has 0 fully saturated rings. The van der Waals surface area contributed by atoms with E-state index >= 15 is 0 Å². The lowest BCUT2D eigenvalue weighted by atomic mass is 10.1. The third-order valence-electron chi connectivity index (χ3n) is 3.23. The highest BCUT2D eigenvalue weighted by Crippen LogP contribution is 2.45. The molecule has 0 atom stereocenters. The minimum absolute atomic E-state index is 0.0937. The van der Waals surface area contributed by atoms with Crippen molar-refractivity contribution >= 4 is 59.3 Å². The number of ether oxygens (including phenoxy) is 1. The largest absolute Gasteiger partial charge is 0.507 e. The number of hydrogen-bond acceptors (Lipinski definition) is 6. The SMILES string of the molecule is COC(=O)c1c(O)ccc2oc3c4sccc4sc3c12. The van der Waals surface area contributed by atoms with E-state index in [0.717, 1.165) is 19.7 Å². The average Bonchev–Trinajstić information content (AvgIpc) is 3.09. The van der Waals surface area contributed by atoms with Crippen LogP contribution in [0.2, 0.25) is 0 Å². The molecule has 0 saturated carbocycles. The second-order valence-electron chi connectivity index (χ2n) is 4.30. The minimum Gasteiger partial charge on any atom is -0.507 e. The van der Waals surface area contributed by atoms with Gasteiger partial charge in [-0.15, -0.1) is 22.7 Å². The number of carbonyl (C=O) groups excluding carboxylic acids is 1. The van der Waals surface area contributed by atoms with Crippen molar-refractivity contribution in [3.63, 3.8) is 0 Å². The summed E-state index contributed by atoms with van der Waals surface area (Å²) < 4.78 is 13.7. The highest BCUT2D eigenvalue weighted by atomic mass is 32.1. The number of benzene rings is 1. The number of thiophene rings is 2. The van der Waals surface area contributed by atoms with Crippen LogP contribution in [-0.4, -0.2) is 18.2 Å². The summed E-state index contributed by atoms with van der Waals surface area (Å²) in [5.74, 6) is -0.656. The van der Waals surface area contributed by atoms with Crippen LogP contribution in [0.25, 0.3) is 30.7 Å². The number of carbonyl (C=O) groups is 1. The van der Waals surface area contributed by atoms with E-state index in [4.69, 9.17) is 9.15 Å². The minimum atomic E-state index is -0.562. The van der Waals surface area contributed by atoms with Crippen molar-refractivity contribution in [2.45, 2.75) is 0 Å². The number of esters is 1. The Morgan fingerprint density at radius 2 is 2.15 bits per heavy atom. The van der Waals surface area contributed by atoms with E-state index in [2.05, 4.69) is 0 Å². The molecular formula is C14H8O4S2. The molecule has 0 amide bonds. The maximum Gasteiger partial charge on any atom is 0.342 e. The number of phenols is 1. The van der Waals surface area contributed by atoms with Gasteiger partial charge in [-0.25, -0.2) is 4.79 Å². The van der Waals surface area contributed by atoms with Gasteiger partial charge in [-0.2, -0.15) is 0 Å². The predicted octanol–water partition coefficient (Wildman–Crippen LogP) is 4.35. The Hall–Kier alpha value is -2.05. The molecule has 0 spiro atoms. The molecule has 4 rings (SSSR count). The predicted molar refractivity (Wildman–Crippen MR) is 80.0 cm³/mol. The summed E-state index contributed by atoms with van der Waals surface area (Å²) >= 11 is 3.15. The van der Waals surface area contributed by atoms with Crippen molar-refractivity contribution in [1.29, 1.82) is 0 Å². The molecule has 4 aromatic rings. The van der Waals surface area contributed by atoms with Crippen LogP contribution >= 0.6 is 22.7 Å². The third kappa shape index (κ3) is 1.37. The standard InChI is InChI=1S/C14H8O4S2/c1-17-14(16)9-6(15)2-3-7-10(9)13-11(18-7)12-8(20-13)4-5-19-12/h2-5,15H,1H3. The molecule has 6 heteroatoms. The van der Waals surface area contributed by atoms with Gasteiger partial charge >= 0.3 is 5.97 Å². The number of phenolic OH excluding ortho intramolecular Hbond substituents is 1. The van der Waals surface area contributed by atoms with Crippen molar-refractivity contribution in [3.05, 3.63) is 29.1 Å². The van der Waals surface area contributed by atoms with Gasteiger partial charge < -0.3 is 14.3 Å². The number of furan rings is 1. The van der Waals surface area contributed by atoms with Crippen molar-refractivity contribution in [1.82, 2.24) is 0 Å². The van der Waals surface area contributed by atoms with Gasteiger partial charge in [0.2, 0.25) is 0 Å². The second kappa shape index (κ2) is 3.97. The lowest BCUT2D eigenvalue weighted by Gasteiger charge is -2.03. The zero-order chi connectivity index (χ0) is 13.9. The molecule has 0 unspecified atom stereocenters. The fraction of sp³-hybridized carbons (Fsp3) is 0.0714. The van der Waals surface area contributed by atoms with Crippen LogP contribution in [0.1, 0.15) is 10.4 Å². The smallest absolute Gasteiger partial charge is 0.342 e. The van der Waals surface area contributed by atoms with Crippen LogP contribution in [0.15, 0.2) is 28.0 Å². The third-order valence-corrected chi connectivity index (χ3v) is 5.42. The summed E-state index contributed by atoms with van der Waals surface area (Å²) in [6.45, 7) is 0. The molecule has 3 heterocycles. The number of aromatic hydroxyl groups is 1. The lowest BCUT2D eigenvalue weighted by Crippen LogP contribution is -2.01. The number of hydrogen-bond donors (Lipinski definition) is 1. The Morgan fingerprint density at radius 3 is 2.95 bits per heavy atom. The first-order chi connectivity index (χ1) is 9.70. The van der Waals surface area contributed by atoms with E-state index in [1.807, 2.05) is 11.4 Å². The summed E-state index contributed by atoms with van der Waals surface area (Å²) in [6, 6.07) is 5.14. The van der Waals surface area contributed by atoms with Crippen molar-refractivity contribution in [3.8, 4) is 5.75 Å². The second-order valence-corrected chi connectivity index (χ2v) is 6.27. The van der Waals surface area contributed by atoms with Crippen molar-refractivity contribution in [2.24, 2.45) is 0 Å². The van der Waals surface area contributed by atoms with E-state index in [1.54, 1.807) is 28.7 Å². The van der Waals surface area contributed by atoms with E-state index in [9.17, 15) is 9.90 Å². The van der Waals surface area contributed by atoms with Crippen LogP contribution in [0.3, 0.4) is 0 Å². The first-order valence-electron chi connectivity index (χ1n) is 5.83. The molecule has 100 valence electrons. The first kappa shape index (κ1) is 11.7. The molecule has 3 aromatic heterocycles. The maximum atomic E-state index is 11.9. The zero-order valence-corrected chi connectivity index (χ0v) is 11.9. The van der Waals surface area contributed by atoms with Gasteiger partial charge in [-0.1, -0.05) is 0 Å². The van der Waals surface area contributed by atoms with E-state index < -0.39 is 5.97 Å². The first-order valence-corrected chi connectivity index (χ1v) is 7.53. The maximum absolute atomic E-state index is 11.9. The zero-order valence-electron chi connectivity index (χ0n) is 10.3. The molecule has 4 nitrogen and oxygen atoms in total. The number of methoxy groups -OCH3 is 1. The Morgan fingerprint density at radius 1 is 1.30 bits per heavy atom. The quantitative estimate of drug-likeness (QED) is 0.531. The molecule has 0 aliphatic heterocycles. The Balaban J connectivity index is 2.24. The van der Waals surface area contributed by atoms with Crippen LogP contribution in [0, 0.1) is 0 Å². The summed E-state index contributed by atoms with van der Waals surface area (Å²) in [4.78, 5) is 11.9. The summed E-state index contributed by atoms with van der Waals surface area (Å²) in [6.07, 6.45) is 0. The summed E-state index contributed by atoms with van der Waals surface area (Å²) in [5, 5.41) is 12.6. The Labute approximate surface area is 120 Å². The van der Waals surface area contributed by atoms with Gasteiger partial charge in [-0.05, 0) is 23.6 Å². The van der Waals surface area contributed by atoms with E-state index in [-0.39, 0.29) is 11.3 Å². The number of rotatable bonds is 1. The molecule has 0 bridgehead atoms. The Kier molecular flexibility index (Phi) is 2.33. The van der Waals surface area contributed by atoms with Crippen LogP contribution in [0.4, 0.5) is 0 Å². The molecule has 1 N–H and O–H groups in total. The summed E-state index contributed by atoms with van der Waals surface area (Å²) in [5.41, 5.74) is 1.52. The van der Waals surface area contributed by atoms with Gasteiger partial charge in [0, 0.05) is 4.70 Å².